The van der Waals surface area contributed by atoms with Crippen molar-refractivity contribution in [2.75, 3.05) is 10.8 Å². The van der Waals surface area contributed by atoms with Gasteiger partial charge in [-0.1, -0.05) is 54.2 Å². The van der Waals surface area contributed by atoms with Crippen LogP contribution in [0.4, 0.5) is 10.5 Å². The van der Waals surface area contributed by atoms with Crippen LogP contribution in [0, 0.1) is 0 Å². The lowest BCUT2D eigenvalue weighted by molar-refractivity contribution is 0.250. The SMILES string of the molecule is CCCCNC(=O)N(S)c1ccc2c(c1)Cc1cc(Br)ccc1-2. The molecule has 120 valence electrons. The Kier molecular flexibility index (Phi) is 4.97. The second-order valence-electron chi connectivity index (χ2n) is 5.72. The van der Waals surface area contributed by atoms with E-state index in [0.717, 1.165) is 29.4 Å². The fourth-order valence-electron chi connectivity index (χ4n) is 2.86. The minimum atomic E-state index is -0.181. The van der Waals surface area contributed by atoms with Crippen molar-refractivity contribution in [2.45, 2.75) is 26.2 Å². The Morgan fingerprint density at radius 2 is 1.91 bits per heavy atom. The molecule has 0 saturated heterocycles. The minimum absolute atomic E-state index is 0.181. The molecular weight excluding hydrogens is 372 g/mol. The van der Waals surface area contributed by atoms with E-state index in [-0.39, 0.29) is 6.03 Å². The maximum absolute atomic E-state index is 12.1. The van der Waals surface area contributed by atoms with Crippen LogP contribution in [-0.4, -0.2) is 12.6 Å². The topological polar surface area (TPSA) is 32.3 Å². The highest BCUT2D eigenvalue weighted by Crippen LogP contribution is 2.39. The molecule has 0 atom stereocenters. The average Bonchev–Trinajstić information content (AvgIpc) is 2.90. The highest BCUT2D eigenvalue weighted by atomic mass is 79.9. The molecule has 1 N–H and O–H groups in total. The number of thiol groups is 1. The number of hydrogen-bond acceptors (Lipinski definition) is 2. The van der Waals surface area contributed by atoms with Crippen molar-refractivity contribution in [3.63, 3.8) is 0 Å². The van der Waals surface area contributed by atoms with E-state index in [4.69, 9.17) is 0 Å². The first kappa shape index (κ1) is 16.4. The highest BCUT2D eigenvalue weighted by Gasteiger charge is 2.20. The van der Waals surface area contributed by atoms with E-state index in [1.54, 1.807) is 0 Å². The van der Waals surface area contributed by atoms with Gasteiger partial charge in [0.25, 0.3) is 0 Å². The van der Waals surface area contributed by atoms with Crippen LogP contribution in [0.1, 0.15) is 30.9 Å². The molecule has 0 saturated carbocycles. The Labute approximate surface area is 150 Å². The molecule has 0 aromatic heterocycles. The number of unbranched alkanes of at least 4 members (excludes halogenated alkanes) is 1. The predicted molar refractivity (Wildman–Crippen MR) is 102 cm³/mol. The van der Waals surface area contributed by atoms with Gasteiger partial charge >= 0.3 is 6.03 Å². The van der Waals surface area contributed by atoms with Crippen LogP contribution in [0.5, 0.6) is 0 Å². The number of rotatable bonds is 4. The fourth-order valence-corrected chi connectivity index (χ4v) is 3.47. The molecule has 3 rings (SSSR count). The van der Waals surface area contributed by atoms with Crippen molar-refractivity contribution < 1.29 is 4.79 Å². The van der Waals surface area contributed by atoms with Gasteiger partial charge < -0.3 is 5.32 Å². The Balaban J connectivity index is 1.79. The maximum Gasteiger partial charge on any atom is 0.331 e. The van der Waals surface area contributed by atoms with Gasteiger partial charge in [0.05, 0.1) is 5.69 Å². The second-order valence-corrected chi connectivity index (χ2v) is 7.03. The summed E-state index contributed by atoms with van der Waals surface area (Å²) in [5, 5.41) is 2.88. The molecule has 1 aliphatic rings. The van der Waals surface area contributed by atoms with Crippen LogP contribution in [0.25, 0.3) is 11.1 Å². The van der Waals surface area contributed by atoms with Crippen LogP contribution < -0.4 is 9.62 Å². The van der Waals surface area contributed by atoms with Crippen molar-refractivity contribution >= 4 is 40.5 Å². The third-order valence-electron chi connectivity index (χ3n) is 4.07. The van der Waals surface area contributed by atoms with Crippen LogP contribution in [0.3, 0.4) is 0 Å². The molecule has 0 spiro atoms. The summed E-state index contributed by atoms with van der Waals surface area (Å²) < 4.78 is 2.48. The summed E-state index contributed by atoms with van der Waals surface area (Å²) in [5.74, 6) is 0. The number of amides is 2. The number of urea groups is 1. The number of nitrogens with one attached hydrogen (secondary N) is 1. The fraction of sp³-hybridized carbons (Fsp3) is 0.278. The molecule has 2 aromatic carbocycles. The lowest BCUT2D eigenvalue weighted by atomic mass is 10.1. The number of halogens is 1. The number of carbonyl (C=O) groups excluding carboxylic acids is 1. The normalized spacial score (nSPS) is 11.8. The first-order valence-corrected chi connectivity index (χ1v) is 8.98. The minimum Gasteiger partial charge on any atom is -0.337 e. The Hall–Kier alpha value is -1.46. The number of hydrogen-bond donors (Lipinski definition) is 2. The lowest BCUT2D eigenvalue weighted by Gasteiger charge is -2.17. The van der Waals surface area contributed by atoms with Crippen molar-refractivity contribution in [3.8, 4) is 11.1 Å². The van der Waals surface area contributed by atoms with E-state index in [2.05, 4.69) is 71.3 Å². The van der Waals surface area contributed by atoms with E-state index < -0.39 is 0 Å². The number of carbonyl (C=O) groups is 1. The van der Waals surface area contributed by atoms with Gasteiger partial charge in [-0.15, -0.1) is 0 Å². The summed E-state index contributed by atoms with van der Waals surface area (Å²) in [5.41, 5.74) is 5.85. The smallest absolute Gasteiger partial charge is 0.331 e. The van der Waals surface area contributed by atoms with Crippen LogP contribution in [-0.2, 0) is 6.42 Å². The number of nitrogens with zero attached hydrogens (tertiary/aromatic N) is 1. The molecular formula is C18H19BrN2OS. The monoisotopic (exact) mass is 390 g/mol. The van der Waals surface area contributed by atoms with Gasteiger partial charge in [0.2, 0.25) is 0 Å². The lowest BCUT2D eigenvalue weighted by Crippen LogP contribution is -2.34. The molecule has 0 unspecified atom stereocenters. The molecule has 0 bridgehead atoms. The average molecular weight is 391 g/mol. The summed E-state index contributed by atoms with van der Waals surface area (Å²) in [6.45, 7) is 2.78. The van der Waals surface area contributed by atoms with Gasteiger partial charge in [-0.2, -0.15) is 0 Å². The molecule has 0 aliphatic heterocycles. The van der Waals surface area contributed by atoms with Crippen LogP contribution in [0.2, 0.25) is 0 Å². The van der Waals surface area contributed by atoms with Gasteiger partial charge in [-0.3, -0.25) is 0 Å². The second kappa shape index (κ2) is 6.97. The Bertz CT molecular complexity index is 748. The third-order valence-corrected chi connectivity index (χ3v) is 4.98. The summed E-state index contributed by atoms with van der Waals surface area (Å²) >= 11 is 7.87. The van der Waals surface area contributed by atoms with Gasteiger partial charge in [0.15, 0.2) is 0 Å². The van der Waals surface area contributed by atoms with Gasteiger partial charge in [-0.25, -0.2) is 9.10 Å². The van der Waals surface area contributed by atoms with Crippen molar-refractivity contribution in [2.24, 2.45) is 0 Å². The van der Waals surface area contributed by atoms with Gasteiger partial charge in [0, 0.05) is 11.0 Å². The van der Waals surface area contributed by atoms with Gasteiger partial charge in [0.1, 0.15) is 0 Å². The Morgan fingerprint density at radius 1 is 1.22 bits per heavy atom. The largest absolute Gasteiger partial charge is 0.337 e. The summed E-state index contributed by atoms with van der Waals surface area (Å²) in [4.78, 5) is 12.1. The molecule has 0 fully saturated rings. The summed E-state index contributed by atoms with van der Waals surface area (Å²) in [6, 6.07) is 12.3. The van der Waals surface area contributed by atoms with Crippen molar-refractivity contribution in [3.05, 3.63) is 52.0 Å². The molecule has 2 amide bonds. The zero-order valence-corrected chi connectivity index (χ0v) is 15.5. The highest BCUT2D eigenvalue weighted by molar-refractivity contribution is 9.10. The standard InChI is InChI=1S/C18H19BrN2OS/c1-2-3-8-20-18(22)21(23)15-5-7-17-13(11-15)9-12-10-14(19)4-6-16(12)17/h4-7,10-11,23H,2-3,8-9H2,1H3,(H,20,22). The molecule has 3 nitrogen and oxygen atoms in total. The van der Waals surface area contributed by atoms with Crippen LogP contribution in [0.15, 0.2) is 40.9 Å². The molecule has 5 heteroatoms. The predicted octanol–water partition coefficient (Wildman–Crippen LogP) is 5.18. The van der Waals surface area contributed by atoms with E-state index in [1.165, 1.54) is 26.6 Å². The molecule has 23 heavy (non-hydrogen) atoms. The van der Waals surface area contributed by atoms with E-state index in [1.807, 2.05) is 6.07 Å². The summed E-state index contributed by atoms with van der Waals surface area (Å²) in [6.07, 6.45) is 2.91. The number of benzene rings is 2. The first-order chi connectivity index (χ1) is 11.1. The summed E-state index contributed by atoms with van der Waals surface area (Å²) in [7, 11) is 0. The maximum atomic E-state index is 12.1. The molecule has 2 aromatic rings. The number of fused-ring (bicyclic) bond motifs is 3. The van der Waals surface area contributed by atoms with Crippen LogP contribution >= 0.6 is 28.7 Å². The first-order valence-electron chi connectivity index (χ1n) is 7.78. The van der Waals surface area contributed by atoms with E-state index in [0.29, 0.717) is 6.54 Å². The molecule has 1 aliphatic carbocycles. The zero-order valence-electron chi connectivity index (χ0n) is 13.0. The quantitative estimate of drug-likeness (QED) is 0.466. The zero-order chi connectivity index (χ0) is 16.4. The molecule has 0 radical (unpaired) electrons. The molecule has 0 heterocycles. The van der Waals surface area contributed by atoms with Crippen molar-refractivity contribution in [1.82, 2.24) is 5.32 Å². The third kappa shape index (κ3) is 3.40. The van der Waals surface area contributed by atoms with E-state index in [9.17, 15) is 4.79 Å². The van der Waals surface area contributed by atoms with Gasteiger partial charge in [-0.05, 0) is 59.4 Å². The Morgan fingerprint density at radius 3 is 2.65 bits per heavy atom. The van der Waals surface area contributed by atoms with E-state index >= 15 is 0 Å². The van der Waals surface area contributed by atoms with Crippen molar-refractivity contribution in [1.29, 1.82) is 0 Å². The number of anilines is 1.